The number of hydrogen-bond acceptors (Lipinski definition) is 3. The minimum absolute atomic E-state index is 0.00495. The molecule has 21 heavy (non-hydrogen) atoms. The van der Waals surface area contributed by atoms with Crippen LogP contribution in [-0.4, -0.2) is 32.9 Å². The first-order valence-corrected chi connectivity index (χ1v) is 7.20. The number of carboxylic acids is 1. The van der Waals surface area contributed by atoms with E-state index in [1.165, 1.54) is 0 Å². The molecule has 1 fully saturated rings. The van der Waals surface area contributed by atoms with Crippen LogP contribution in [0.1, 0.15) is 33.4 Å². The second kappa shape index (κ2) is 5.47. The van der Waals surface area contributed by atoms with Crippen molar-refractivity contribution in [2.75, 3.05) is 0 Å². The summed E-state index contributed by atoms with van der Waals surface area (Å²) in [6, 6.07) is 5.59. The summed E-state index contributed by atoms with van der Waals surface area (Å²) in [7, 11) is 0. The fourth-order valence-electron chi connectivity index (χ4n) is 2.92. The van der Waals surface area contributed by atoms with Crippen molar-refractivity contribution in [3.8, 4) is 0 Å². The molecule has 2 atom stereocenters. The van der Waals surface area contributed by atoms with Crippen molar-refractivity contribution in [3.63, 3.8) is 0 Å². The Morgan fingerprint density at radius 1 is 1.33 bits per heavy atom. The molecule has 0 spiro atoms. The molecule has 1 aliphatic carbocycles. The SMILES string of the molecule is CC(C)N(Cc1ccccn1)C(=O)C1C(C(=O)O)C1(C)C. The topological polar surface area (TPSA) is 70.5 Å². The Kier molecular flexibility index (Phi) is 4.03. The van der Waals surface area contributed by atoms with Crippen LogP contribution in [0.2, 0.25) is 0 Å². The van der Waals surface area contributed by atoms with E-state index in [1.54, 1.807) is 11.1 Å². The van der Waals surface area contributed by atoms with Gasteiger partial charge >= 0.3 is 5.97 Å². The fourth-order valence-corrected chi connectivity index (χ4v) is 2.92. The van der Waals surface area contributed by atoms with Gasteiger partial charge in [0.2, 0.25) is 5.91 Å². The van der Waals surface area contributed by atoms with Gasteiger partial charge in [0.1, 0.15) is 0 Å². The molecular formula is C16H22N2O3. The summed E-state index contributed by atoms with van der Waals surface area (Å²) in [5.74, 6) is -2.01. The predicted octanol–water partition coefficient (Wildman–Crippen LogP) is 2.18. The van der Waals surface area contributed by atoms with Gasteiger partial charge in [-0.1, -0.05) is 19.9 Å². The van der Waals surface area contributed by atoms with Crippen molar-refractivity contribution in [3.05, 3.63) is 30.1 Å². The van der Waals surface area contributed by atoms with Crippen molar-refractivity contribution >= 4 is 11.9 Å². The molecule has 5 heteroatoms. The van der Waals surface area contributed by atoms with Crippen molar-refractivity contribution < 1.29 is 14.7 Å². The molecule has 0 bridgehead atoms. The Balaban J connectivity index is 2.16. The highest BCUT2D eigenvalue weighted by Gasteiger charge is 2.66. The molecular weight excluding hydrogens is 268 g/mol. The second-order valence-corrected chi connectivity index (χ2v) is 6.50. The zero-order chi connectivity index (χ0) is 15.8. The van der Waals surface area contributed by atoms with E-state index in [0.717, 1.165) is 5.69 Å². The van der Waals surface area contributed by atoms with Crippen LogP contribution in [0.4, 0.5) is 0 Å². The summed E-state index contributed by atoms with van der Waals surface area (Å²) >= 11 is 0. The Hall–Kier alpha value is -1.91. The minimum Gasteiger partial charge on any atom is -0.481 e. The first-order chi connectivity index (χ1) is 9.76. The Labute approximate surface area is 125 Å². The third-order valence-electron chi connectivity index (χ3n) is 4.32. The van der Waals surface area contributed by atoms with Crippen molar-refractivity contribution in [1.29, 1.82) is 0 Å². The van der Waals surface area contributed by atoms with E-state index in [4.69, 9.17) is 0 Å². The zero-order valence-corrected chi connectivity index (χ0v) is 12.9. The zero-order valence-electron chi connectivity index (χ0n) is 12.9. The summed E-state index contributed by atoms with van der Waals surface area (Å²) in [5.41, 5.74) is 0.338. The monoisotopic (exact) mass is 290 g/mol. The molecule has 114 valence electrons. The maximum Gasteiger partial charge on any atom is 0.307 e. The lowest BCUT2D eigenvalue weighted by molar-refractivity contribution is -0.142. The van der Waals surface area contributed by atoms with Gasteiger partial charge in [-0.3, -0.25) is 14.6 Å². The van der Waals surface area contributed by atoms with Gasteiger partial charge in [-0.05, 0) is 31.4 Å². The number of nitrogens with zero attached hydrogens (tertiary/aromatic N) is 2. The number of amides is 1. The summed E-state index contributed by atoms with van der Waals surface area (Å²) in [4.78, 5) is 29.9. The molecule has 1 saturated carbocycles. The molecule has 2 unspecified atom stereocenters. The third-order valence-corrected chi connectivity index (χ3v) is 4.32. The molecule has 1 aromatic heterocycles. The lowest BCUT2D eigenvalue weighted by Crippen LogP contribution is -2.38. The van der Waals surface area contributed by atoms with E-state index in [9.17, 15) is 14.7 Å². The van der Waals surface area contributed by atoms with Crippen LogP contribution < -0.4 is 0 Å². The fraction of sp³-hybridized carbons (Fsp3) is 0.562. The summed E-state index contributed by atoms with van der Waals surface area (Å²) < 4.78 is 0. The molecule has 5 nitrogen and oxygen atoms in total. The van der Waals surface area contributed by atoms with Gasteiger partial charge in [0, 0.05) is 12.2 Å². The van der Waals surface area contributed by atoms with Gasteiger partial charge in [0.05, 0.1) is 24.1 Å². The minimum atomic E-state index is -0.889. The lowest BCUT2D eigenvalue weighted by atomic mass is 10.1. The molecule has 1 aromatic rings. The number of carbonyl (C=O) groups is 2. The number of aromatic nitrogens is 1. The average molecular weight is 290 g/mol. The highest BCUT2D eigenvalue weighted by Crippen LogP contribution is 2.59. The first-order valence-electron chi connectivity index (χ1n) is 7.20. The largest absolute Gasteiger partial charge is 0.481 e. The molecule has 1 aliphatic rings. The summed E-state index contributed by atoms with van der Waals surface area (Å²) in [6.45, 7) is 7.97. The molecule has 0 saturated heterocycles. The Morgan fingerprint density at radius 3 is 2.43 bits per heavy atom. The van der Waals surface area contributed by atoms with E-state index in [-0.39, 0.29) is 11.9 Å². The molecule has 1 heterocycles. The number of carboxylic acid groups (broad SMARTS) is 1. The first kappa shape index (κ1) is 15.5. The molecule has 0 radical (unpaired) electrons. The lowest BCUT2D eigenvalue weighted by Gasteiger charge is -2.27. The smallest absolute Gasteiger partial charge is 0.307 e. The standard InChI is InChI=1S/C16H22N2O3/c1-10(2)18(9-11-7-5-6-8-17-11)14(19)12-13(15(20)21)16(12,3)4/h5-8,10,12-13H,9H2,1-4H3,(H,20,21). The van der Waals surface area contributed by atoms with E-state index in [1.807, 2.05) is 45.9 Å². The quantitative estimate of drug-likeness (QED) is 0.902. The van der Waals surface area contributed by atoms with Crippen molar-refractivity contribution in [2.45, 2.75) is 40.3 Å². The number of carbonyl (C=O) groups excluding carboxylic acids is 1. The van der Waals surface area contributed by atoms with E-state index < -0.39 is 23.2 Å². The highest BCUT2D eigenvalue weighted by molar-refractivity contribution is 5.91. The van der Waals surface area contributed by atoms with Crippen LogP contribution in [-0.2, 0) is 16.1 Å². The van der Waals surface area contributed by atoms with Crippen LogP contribution in [0.3, 0.4) is 0 Å². The molecule has 0 aliphatic heterocycles. The Morgan fingerprint density at radius 2 is 2.00 bits per heavy atom. The highest BCUT2D eigenvalue weighted by atomic mass is 16.4. The van der Waals surface area contributed by atoms with E-state index in [0.29, 0.717) is 6.54 Å². The van der Waals surface area contributed by atoms with Crippen LogP contribution in [0.15, 0.2) is 24.4 Å². The van der Waals surface area contributed by atoms with Gasteiger partial charge in [0.25, 0.3) is 0 Å². The van der Waals surface area contributed by atoms with Gasteiger partial charge in [-0.25, -0.2) is 0 Å². The number of rotatable bonds is 5. The molecule has 1 N–H and O–H groups in total. The number of aliphatic carboxylic acids is 1. The summed E-state index contributed by atoms with van der Waals surface area (Å²) in [5, 5.41) is 9.24. The van der Waals surface area contributed by atoms with Crippen LogP contribution in [0.25, 0.3) is 0 Å². The maximum absolute atomic E-state index is 12.7. The van der Waals surface area contributed by atoms with Gasteiger partial charge in [0.15, 0.2) is 0 Å². The molecule has 1 amide bonds. The molecule has 0 aromatic carbocycles. The third kappa shape index (κ3) is 2.91. The van der Waals surface area contributed by atoms with Crippen LogP contribution in [0, 0.1) is 17.3 Å². The van der Waals surface area contributed by atoms with E-state index in [2.05, 4.69) is 4.98 Å². The van der Waals surface area contributed by atoms with Gasteiger partial charge in [-0.2, -0.15) is 0 Å². The van der Waals surface area contributed by atoms with Gasteiger partial charge in [-0.15, -0.1) is 0 Å². The number of hydrogen-bond donors (Lipinski definition) is 1. The predicted molar refractivity (Wildman–Crippen MR) is 78.3 cm³/mol. The van der Waals surface area contributed by atoms with E-state index >= 15 is 0 Å². The number of pyridine rings is 1. The normalized spacial score (nSPS) is 22.9. The Bertz CT molecular complexity index is 540. The summed E-state index contributed by atoms with van der Waals surface area (Å²) in [6.07, 6.45) is 1.69. The average Bonchev–Trinajstić information content (AvgIpc) is 2.99. The molecule has 2 rings (SSSR count). The maximum atomic E-state index is 12.7. The van der Waals surface area contributed by atoms with Crippen LogP contribution >= 0.6 is 0 Å². The van der Waals surface area contributed by atoms with Crippen molar-refractivity contribution in [2.24, 2.45) is 17.3 Å². The van der Waals surface area contributed by atoms with Gasteiger partial charge < -0.3 is 10.0 Å². The van der Waals surface area contributed by atoms with Crippen LogP contribution in [0.5, 0.6) is 0 Å². The van der Waals surface area contributed by atoms with Crippen molar-refractivity contribution in [1.82, 2.24) is 9.88 Å². The second-order valence-electron chi connectivity index (χ2n) is 6.50.